The SMILES string of the molecule is COc1cc([C@@H]2Nc3ccccc3NC3=C2C(=O)C[C@H](c2ccccc2Cl)C3)cc(Cl)c1O. The number of rotatable bonds is 3. The van der Waals surface area contributed by atoms with Gasteiger partial charge in [-0.3, -0.25) is 4.79 Å². The molecule has 2 atom stereocenters. The number of anilines is 2. The molecule has 2 aliphatic rings. The maximum Gasteiger partial charge on any atom is 0.176 e. The van der Waals surface area contributed by atoms with Crippen molar-refractivity contribution >= 4 is 40.4 Å². The van der Waals surface area contributed by atoms with Crippen molar-refractivity contribution in [2.45, 2.75) is 24.8 Å². The summed E-state index contributed by atoms with van der Waals surface area (Å²) in [5.74, 6) is 0.130. The number of nitrogens with one attached hydrogen (secondary N) is 2. The Morgan fingerprint density at radius 2 is 1.70 bits per heavy atom. The van der Waals surface area contributed by atoms with E-state index < -0.39 is 6.04 Å². The van der Waals surface area contributed by atoms with Gasteiger partial charge in [-0.25, -0.2) is 0 Å². The van der Waals surface area contributed by atoms with Crippen LogP contribution in [0, 0.1) is 0 Å². The molecule has 5 nitrogen and oxygen atoms in total. The van der Waals surface area contributed by atoms with Crippen molar-refractivity contribution in [3.05, 3.63) is 93.1 Å². The summed E-state index contributed by atoms with van der Waals surface area (Å²) in [5.41, 5.74) is 4.95. The fourth-order valence-corrected chi connectivity index (χ4v) is 5.19. The Labute approximate surface area is 202 Å². The van der Waals surface area contributed by atoms with Gasteiger partial charge in [0.2, 0.25) is 0 Å². The number of benzene rings is 3. The van der Waals surface area contributed by atoms with Gasteiger partial charge in [0, 0.05) is 22.7 Å². The molecule has 33 heavy (non-hydrogen) atoms. The number of halogens is 2. The molecule has 3 N–H and O–H groups in total. The van der Waals surface area contributed by atoms with Crippen LogP contribution in [0.4, 0.5) is 11.4 Å². The average Bonchev–Trinajstić information content (AvgIpc) is 2.98. The highest BCUT2D eigenvalue weighted by atomic mass is 35.5. The Hall–Kier alpha value is -3.15. The molecule has 0 radical (unpaired) electrons. The Kier molecular flexibility index (Phi) is 5.69. The second-order valence-electron chi connectivity index (χ2n) is 8.24. The summed E-state index contributed by atoms with van der Waals surface area (Å²) in [6.07, 6.45) is 0.988. The molecule has 0 bridgehead atoms. The summed E-state index contributed by atoms with van der Waals surface area (Å²) in [4.78, 5) is 13.6. The zero-order chi connectivity index (χ0) is 23.1. The number of phenolic OH excluding ortho intramolecular Hbond substituents is 1. The number of allylic oxidation sites excluding steroid dienone is 1. The van der Waals surface area contributed by atoms with E-state index in [1.165, 1.54) is 7.11 Å². The largest absolute Gasteiger partial charge is 0.503 e. The second kappa shape index (κ2) is 8.65. The summed E-state index contributed by atoms with van der Waals surface area (Å²) in [6.45, 7) is 0. The number of ether oxygens (including phenoxy) is 1. The number of hydrogen-bond donors (Lipinski definition) is 3. The fourth-order valence-electron chi connectivity index (χ4n) is 4.68. The molecular formula is C26H22Cl2N2O3. The van der Waals surface area contributed by atoms with Crippen LogP contribution in [-0.2, 0) is 4.79 Å². The molecule has 1 aliphatic heterocycles. The molecule has 0 fully saturated rings. The third kappa shape index (κ3) is 3.92. The summed E-state index contributed by atoms with van der Waals surface area (Å²) in [5, 5.41) is 18.1. The molecule has 1 aliphatic carbocycles. The zero-order valence-electron chi connectivity index (χ0n) is 17.9. The monoisotopic (exact) mass is 480 g/mol. The van der Waals surface area contributed by atoms with Gasteiger partial charge in [-0.2, -0.15) is 0 Å². The van der Waals surface area contributed by atoms with Gasteiger partial charge in [0.05, 0.1) is 29.5 Å². The van der Waals surface area contributed by atoms with Crippen LogP contribution >= 0.6 is 23.2 Å². The van der Waals surface area contributed by atoms with E-state index >= 15 is 0 Å². The van der Waals surface area contributed by atoms with Crippen LogP contribution in [0.1, 0.15) is 35.9 Å². The first-order valence-corrected chi connectivity index (χ1v) is 11.4. The van der Waals surface area contributed by atoms with Crippen molar-refractivity contribution in [1.29, 1.82) is 0 Å². The minimum absolute atomic E-state index is 0.0266. The van der Waals surface area contributed by atoms with Crippen LogP contribution in [0.25, 0.3) is 0 Å². The number of aromatic hydroxyl groups is 1. The molecule has 0 saturated carbocycles. The molecule has 0 spiro atoms. The number of para-hydroxylation sites is 2. The lowest BCUT2D eigenvalue weighted by atomic mass is 9.78. The normalized spacial score (nSPS) is 19.7. The van der Waals surface area contributed by atoms with Gasteiger partial charge in [0.15, 0.2) is 17.3 Å². The molecule has 1 heterocycles. The van der Waals surface area contributed by atoms with E-state index in [1.54, 1.807) is 12.1 Å². The number of carbonyl (C=O) groups is 1. The van der Waals surface area contributed by atoms with Crippen molar-refractivity contribution in [2.75, 3.05) is 17.7 Å². The molecule has 0 aromatic heterocycles. The van der Waals surface area contributed by atoms with E-state index in [9.17, 15) is 9.90 Å². The van der Waals surface area contributed by atoms with Crippen LogP contribution in [0.3, 0.4) is 0 Å². The van der Waals surface area contributed by atoms with E-state index in [1.807, 2.05) is 48.5 Å². The average molecular weight is 481 g/mol. The van der Waals surface area contributed by atoms with Crippen LogP contribution < -0.4 is 15.4 Å². The topological polar surface area (TPSA) is 70.6 Å². The highest BCUT2D eigenvalue weighted by Crippen LogP contribution is 2.47. The highest BCUT2D eigenvalue weighted by molar-refractivity contribution is 6.32. The van der Waals surface area contributed by atoms with Gasteiger partial charge in [-0.05, 0) is 53.8 Å². The Balaban J connectivity index is 1.65. The fraction of sp³-hybridized carbons (Fsp3) is 0.192. The third-order valence-corrected chi connectivity index (χ3v) is 6.89. The van der Waals surface area contributed by atoms with E-state index in [0.29, 0.717) is 23.4 Å². The van der Waals surface area contributed by atoms with Gasteiger partial charge < -0.3 is 20.5 Å². The third-order valence-electron chi connectivity index (χ3n) is 6.26. The number of fused-ring (bicyclic) bond motifs is 1. The van der Waals surface area contributed by atoms with Gasteiger partial charge >= 0.3 is 0 Å². The first-order chi connectivity index (χ1) is 16.0. The van der Waals surface area contributed by atoms with E-state index in [2.05, 4.69) is 10.6 Å². The van der Waals surface area contributed by atoms with Gasteiger partial charge in [-0.1, -0.05) is 53.5 Å². The zero-order valence-corrected chi connectivity index (χ0v) is 19.4. The predicted molar refractivity (Wildman–Crippen MR) is 132 cm³/mol. The molecule has 0 amide bonds. The summed E-state index contributed by atoms with van der Waals surface area (Å²) >= 11 is 12.8. The standard InChI is InChI=1S/C26H22Cl2N2O3/c1-33-23-13-15(10-18(28)26(23)32)25-24-21(29-19-8-4-5-9-20(19)30-25)11-14(12-22(24)31)16-6-2-3-7-17(16)27/h2-10,13-14,25,29-30,32H,11-12H2,1H3/t14-,25+/m1/s1. The van der Waals surface area contributed by atoms with Gasteiger partial charge in [-0.15, -0.1) is 0 Å². The number of carbonyl (C=O) groups excluding carboxylic acids is 1. The Morgan fingerprint density at radius 1 is 0.970 bits per heavy atom. The van der Waals surface area contributed by atoms with E-state index in [4.69, 9.17) is 27.9 Å². The van der Waals surface area contributed by atoms with Crippen molar-refractivity contribution in [3.8, 4) is 11.5 Å². The maximum atomic E-state index is 13.6. The summed E-state index contributed by atoms with van der Waals surface area (Å²) in [7, 11) is 1.47. The van der Waals surface area contributed by atoms with Crippen molar-refractivity contribution < 1.29 is 14.6 Å². The van der Waals surface area contributed by atoms with Crippen molar-refractivity contribution in [2.24, 2.45) is 0 Å². The minimum Gasteiger partial charge on any atom is -0.503 e. The lowest BCUT2D eigenvalue weighted by Crippen LogP contribution is -2.27. The number of Topliss-reactive ketones (excluding diaryl/α,β-unsaturated/α-hetero) is 1. The lowest BCUT2D eigenvalue weighted by Gasteiger charge is -2.30. The molecule has 168 valence electrons. The quantitative estimate of drug-likeness (QED) is 0.389. The Morgan fingerprint density at radius 3 is 2.45 bits per heavy atom. The van der Waals surface area contributed by atoms with Gasteiger partial charge in [0.1, 0.15) is 0 Å². The minimum atomic E-state index is -0.470. The number of hydrogen-bond acceptors (Lipinski definition) is 5. The van der Waals surface area contributed by atoms with Crippen molar-refractivity contribution in [3.63, 3.8) is 0 Å². The van der Waals surface area contributed by atoms with Crippen LogP contribution in [0.2, 0.25) is 10.0 Å². The second-order valence-corrected chi connectivity index (χ2v) is 9.06. The first kappa shape index (κ1) is 21.7. The van der Waals surface area contributed by atoms with E-state index in [0.717, 1.165) is 28.2 Å². The summed E-state index contributed by atoms with van der Waals surface area (Å²) < 4.78 is 5.32. The van der Waals surface area contributed by atoms with Crippen LogP contribution in [0.15, 0.2) is 71.9 Å². The Bertz CT molecular complexity index is 1290. The van der Waals surface area contributed by atoms with Crippen LogP contribution in [0.5, 0.6) is 11.5 Å². The van der Waals surface area contributed by atoms with E-state index in [-0.39, 0.29) is 28.2 Å². The molecule has 0 unspecified atom stereocenters. The lowest BCUT2D eigenvalue weighted by molar-refractivity contribution is -0.116. The molecule has 0 saturated heterocycles. The van der Waals surface area contributed by atoms with Crippen LogP contribution in [-0.4, -0.2) is 18.0 Å². The number of phenols is 1. The molecule has 5 rings (SSSR count). The molecule has 3 aromatic carbocycles. The number of methoxy groups -OCH3 is 1. The number of ketones is 1. The summed E-state index contributed by atoms with van der Waals surface area (Å²) in [6, 6.07) is 18.4. The first-order valence-electron chi connectivity index (χ1n) is 10.7. The smallest absolute Gasteiger partial charge is 0.176 e. The highest BCUT2D eigenvalue weighted by Gasteiger charge is 2.37. The van der Waals surface area contributed by atoms with Gasteiger partial charge in [0.25, 0.3) is 0 Å². The van der Waals surface area contributed by atoms with Crippen molar-refractivity contribution in [1.82, 2.24) is 0 Å². The molecule has 7 heteroatoms. The molecular weight excluding hydrogens is 459 g/mol. The molecule has 3 aromatic rings. The predicted octanol–water partition coefficient (Wildman–Crippen LogP) is 6.69. The maximum absolute atomic E-state index is 13.6.